The van der Waals surface area contributed by atoms with Crippen molar-refractivity contribution in [3.05, 3.63) is 52.1 Å². The van der Waals surface area contributed by atoms with Crippen LogP contribution < -0.4 is 16.2 Å². The molecule has 2 fully saturated rings. The predicted octanol–water partition coefficient (Wildman–Crippen LogP) is 3.66. The van der Waals surface area contributed by atoms with Crippen LogP contribution in [0.4, 0.5) is 11.8 Å². The fourth-order valence-corrected chi connectivity index (χ4v) is 5.32. The van der Waals surface area contributed by atoms with Crippen LogP contribution in [0.15, 0.2) is 35.4 Å². The molecule has 0 bridgehead atoms. The van der Waals surface area contributed by atoms with E-state index in [1.54, 1.807) is 17.7 Å². The Morgan fingerprint density at radius 3 is 2.62 bits per heavy atom. The van der Waals surface area contributed by atoms with Gasteiger partial charge in [0.15, 0.2) is 5.78 Å². The van der Waals surface area contributed by atoms with Gasteiger partial charge in [0.05, 0.1) is 22.6 Å². The first kappa shape index (κ1) is 21.0. The van der Waals surface area contributed by atoms with Crippen LogP contribution in [0.2, 0.25) is 0 Å². The van der Waals surface area contributed by atoms with E-state index in [0.717, 1.165) is 55.2 Å². The SMILES string of the molecule is CC(=O)c1c(C)c2cnc(Nc3ccc4c(ccn4C4CNC4)n3)nc2n(C2CCCC2)c1=O. The highest BCUT2D eigenvalue weighted by molar-refractivity contribution is 5.99. The average molecular weight is 458 g/mol. The summed E-state index contributed by atoms with van der Waals surface area (Å²) in [5.41, 5.74) is 3.20. The summed E-state index contributed by atoms with van der Waals surface area (Å²) in [4.78, 5) is 39.7. The van der Waals surface area contributed by atoms with Crippen molar-refractivity contribution in [2.24, 2.45) is 0 Å². The van der Waals surface area contributed by atoms with Gasteiger partial charge in [0, 0.05) is 36.9 Å². The number of pyridine rings is 2. The second kappa shape index (κ2) is 8.02. The molecule has 0 amide bonds. The van der Waals surface area contributed by atoms with Gasteiger partial charge in [-0.2, -0.15) is 4.98 Å². The minimum absolute atomic E-state index is 0.0479. The van der Waals surface area contributed by atoms with Crippen LogP contribution in [-0.4, -0.2) is 43.0 Å². The number of carbonyl (C=O) groups excluding carboxylic acids is 1. The zero-order chi connectivity index (χ0) is 23.4. The molecule has 6 rings (SSSR count). The first-order valence-electron chi connectivity index (χ1n) is 11.9. The van der Waals surface area contributed by atoms with E-state index < -0.39 is 0 Å². The fraction of sp³-hybridized carbons (Fsp3) is 0.400. The van der Waals surface area contributed by atoms with Crippen LogP contribution in [0.5, 0.6) is 0 Å². The highest BCUT2D eigenvalue weighted by Gasteiger charge is 2.26. The van der Waals surface area contributed by atoms with E-state index in [1.165, 1.54) is 6.92 Å². The van der Waals surface area contributed by atoms with Gasteiger partial charge in [0.1, 0.15) is 11.5 Å². The second-order valence-corrected chi connectivity index (χ2v) is 9.36. The van der Waals surface area contributed by atoms with Crippen molar-refractivity contribution in [1.82, 2.24) is 29.4 Å². The van der Waals surface area contributed by atoms with Gasteiger partial charge in [0.2, 0.25) is 5.95 Å². The lowest BCUT2D eigenvalue weighted by atomic mass is 10.0. The predicted molar refractivity (Wildman–Crippen MR) is 131 cm³/mol. The monoisotopic (exact) mass is 457 g/mol. The molecule has 1 aliphatic carbocycles. The Labute approximate surface area is 196 Å². The highest BCUT2D eigenvalue weighted by Crippen LogP contribution is 2.32. The molecular formula is C25H27N7O2. The average Bonchev–Trinajstić information content (AvgIpc) is 3.43. The molecule has 1 saturated heterocycles. The molecule has 2 aliphatic rings. The lowest BCUT2D eigenvalue weighted by Gasteiger charge is -2.29. The molecule has 0 spiro atoms. The normalized spacial score (nSPS) is 16.9. The molecule has 9 nitrogen and oxygen atoms in total. The molecule has 0 unspecified atom stereocenters. The van der Waals surface area contributed by atoms with E-state index in [4.69, 9.17) is 9.97 Å². The number of Topliss-reactive ketones (excluding diaryl/α,β-unsaturated/α-hetero) is 1. The van der Waals surface area contributed by atoms with Crippen LogP contribution in [0, 0.1) is 6.92 Å². The highest BCUT2D eigenvalue weighted by atomic mass is 16.1. The summed E-state index contributed by atoms with van der Waals surface area (Å²) >= 11 is 0. The van der Waals surface area contributed by atoms with Crippen molar-refractivity contribution in [2.45, 2.75) is 51.6 Å². The Morgan fingerprint density at radius 2 is 1.91 bits per heavy atom. The number of nitrogens with zero attached hydrogens (tertiary/aromatic N) is 5. The first-order chi connectivity index (χ1) is 16.5. The quantitative estimate of drug-likeness (QED) is 0.441. The molecule has 4 aromatic rings. The number of nitrogens with one attached hydrogen (secondary N) is 2. The van der Waals surface area contributed by atoms with Gasteiger partial charge < -0.3 is 15.2 Å². The molecule has 174 valence electrons. The van der Waals surface area contributed by atoms with E-state index in [0.29, 0.717) is 29.0 Å². The van der Waals surface area contributed by atoms with Crippen LogP contribution >= 0.6 is 0 Å². The number of aromatic nitrogens is 5. The number of fused-ring (bicyclic) bond motifs is 2. The van der Waals surface area contributed by atoms with Crippen LogP contribution in [-0.2, 0) is 0 Å². The maximum atomic E-state index is 13.4. The number of carbonyl (C=O) groups is 1. The summed E-state index contributed by atoms with van der Waals surface area (Å²) in [6, 6.07) is 6.52. The lowest BCUT2D eigenvalue weighted by Crippen LogP contribution is -2.43. The number of hydrogen-bond acceptors (Lipinski definition) is 7. The van der Waals surface area contributed by atoms with Crippen molar-refractivity contribution in [3.8, 4) is 0 Å². The Kier molecular flexibility index (Phi) is 4.95. The summed E-state index contributed by atoms with van der Waals surface area (Å²) < 4.78 is 3.98. The van der Waals surface area contributed by atoms with Gasteiger partial charge in [-0.25, -0.2) is 9.97 Å². The molecule has 34 heavy (non-hydrogen) atoms. The van der Waals surface area contributed by atoms with Crippen molar-refractivity contribution in [1.29, 1.82) is 0 Å². The Hall–Kier alpha value is -3.59. The third kappa shape index (κ3) is 3.30. The summed E-state index contributed by atoms with van der Waals surface area (Å²) in [6.07, 6.45) is 7.74. The Balaban J connectivity index is 1.42. The molecule has 5 heterocycles. The first-order valence-corrected chi connectivity index (χ1v) is 11.9. The standard InChI is InChI=1S/C25H27N7O2/c1-14-18-13-27-25(29-21-8-7-20-19(28-21)9-10-31(20)17-11-26-12-17)30-23(18)32(16-5-3-4-6-16)24(34)22(14)15(2)33/h7-10,13,16-17,26H,3-6,11-12H2,1-2H3,(H,27,28,29,30). The summed E-state index contributed by atoms with van der Waals surface area (Å²) in [5, 5.41) is 7.25. The second-order valence-electron chi connectivity index (χ2n) is 9.36. The number of anilines is 2. The van der Waals surface area contributed by atoms with E-state index in [2.05, 4.69) is 32.4 Å². The van der Waals surface area contributed by atoms with E-state index in [1.807, 2.05) is 12.1 Å². The van der Waals surface area contributed by atoms with Crippen LogP contribution in [0.1, 0.15) is 60.6 Å². The molecule has 9 heteroatoms. The van der Waals surface area contributed by atoms with E-state index in [-0.39, 0.29) is 22.9 Å². The zero-order valence-electron chi connectivity index (χ0n) is 19.3. The summed E-state index contributed by atoms with van der Waals surface area (Å²) in [7, 11) is 0. The summed E-state index contributed by atoms with van der Waals surface area (Å²) in [6.45, 7) is 5.19. The van der Waals surface area contributed by atoms with Gasteiger partial charge in [-0.05, 0) is 50.5 Å². The molecular weight excluding hydrogens is 430 g/mol. The molecule has 0 aromatic carbocycles. The Morgan fingerprint density at radius 1 is 1.12 bits per heavy atom. The maximum Gasteiger partial charge on any atom is 0.263 e. The molecule has 4 aromatic heterocycles. The fourth-order valence-electron chi connectivity index (χ4n) is 5.32. The summed E-state index contributed by atoms with van der Waals surface area (Å²) in [5.74, 6) is 0.798. The molecule has 0 radical (unpaired) electrons. The van der Waals surface area contributed by atoms with Crippen LogP contribution in [0.25, 0.3) is 22.1 Å². The third-order valence-electron chi connectivity index (χ3n) is 7.22. The smallest absolute Gasteiger partial charge is 0.263 e. The molecule has 0 atom stereocenters. The van der Waals surface area contributed by atoms with Gasteiger partial charge in [-0.15, -0.1) is 0 Å². The largest absolute Gasteiger partial charge is 0.341 e. The van der Waals surface area contributed by atoms with Crippen molar-refractivity contribution in [2.75, 3.05) is 18.4 Å². The van der Waals surface area contributed by atoms with Crippen molar-refractivity contribution >= 4 is 39.6 Å². The van der Waals surface area contributed by atoms with Gasteiger partial charge in [0.25, 0.3) is 5.56 Å². The molecule has 1 saturated carbocycles. The molecule has 2 N–H and O–H groups in total. The minimum Gasteiger partial charge on any atom is -0.341 e. The van der Waals surface area contributed by atoms with Crippen molar-refractivity contribution in [3.63, 3.8) is 0 Å². The van der Waals surface area contributed by atoms with E-state index in [9.17, 15) is 9.59 Å². The van der Waals surface area contributed by atoms with Gasteiger partial charge >= 0.3 is 0 Å². The third-order valence-corrected chi connectivity index (χ3v) is 7.22. The number of rotatable bonds is 5. The topological polar surface area (TPSA) is 107 Å². The molecule has 1 aliphatic heterocycles. The van der Waals surface area contributed by atoms with Crippen molar-refractivity contribution < 1.29 is 4.79 Å². The van der Waals surface area contributed by atoms with E-state index >= 15 is 0 Å². The maximum absolute atomic E-state index is 13.4. The minimum atomic E-state index is -0.250. The van der Waals surface area contributed by atoms with Gasteiger partial charge in [-0.1, -0.05) is 12.8 Å². The lowest BCUT2D eigenvalue weighted by molar-refractivity contribution is 0.101. The number of hydrogen-bond donors (Lipinski definition) is 2. The van der Waals surface area contributed by atoms with Gasteiger partial charge in [-0.3, -0.25) is 14.2 Å². The zero-order valence-corrected chi connectivity index (χ0v) is 19.3. The van der Waals surface area contributed by atoms with Crippen LogP contribution in [0.3, 0.4) is 0 Å². The Bertz CT molecular complexity index is 1490. The number of aryl methyl sites for hydroxylation is 1. The number of ketones is 1.